The van der Waals surface area contributed by atoms with Gasteiger partial charge in [0.05, 0.1) is 31.0 Å². The van der Waals surface area contributed by atoms with Crippen LogP contribution in [0.3, 0.4) is 0 Å². The number of nitrogens with zero attached hydrogens (tertiary/aromatic N) is 2. The zero-order chi connectivity index (χ0) is 33.1. The van der Waals surface area contributed by atoms with Crippen LogP contribution in [-0.2, 0) is 28.5 Å². The van der Waals surface area contributed by atoms with Gasteiger partial charge in [0, 0.05) is 40.3 Å². The van der Waals surface area contributed by atoms with E-state index in [-0.39, 0.29) is 49.6 Å². The summed E-state index contributed by atoms with van der Waals surface area (Å²) in [5.41, 5.74) is 0.543. The lowest BCUT2D eigenvalue weighted by Crippen LogP contribution is -2.57. The number of ether oxygens (including phenoxy) is 7. The van der Waals surface area contributed by atoms with Gasteiger partial charge in [0.2, 0.25) is 0 Å². The third-order valence-electron chi connectivity index (χ3n) is 8.20. The van der Waals surface area contributed by atoms with Crippen LogP contribution in [-0.4, -0.2) is 96.4 Å². The van der Waals surface area contributed by atoms with Gasteiger partial charge in [0.15, 0.2) is 30.8 Å². The number of hydrogen-bond donors (Lipinski definition) is 0. The van der Waals surface area contributed by atoms with Crippen LogP contribution in [0.25, 0.3) is 0 Å². The van der Waals surface area contributed by atoms with Crippen molar-refractivity contribution >= 4 is 31.7 Å². The molecule has 1 aromatic carbocycles. The van der Waals surface area contributed by atoms with Crippen molar-refractivity contribution in [1.82, 2.24) is 4.90 Å². The molecule has 0 saturated carbocycles. The Morgan fingerprint density at radius 1 is 1.07 bits per heavy atom. The number of benzene rings is 1. The molecule has 3 aliphatic heterocycles. The highest BCUT2D eigenvalue weighted by Gasteiger charge is 2.47. The van der Waals surface area contributed by atoms with Crippen molar-refractivity contribution in [3.05, 3.63) is 30.4 Å². The number of anilines is 1. The molecule has 0 spiro atoms. The summed E-state index contributed by atoms with van der Waals surface area (Å²) in [6.45, 7) is 12.2. The summed E-state index contributed by atoms with van der Waals surface area (Å²) in [5.74, 6) is 0.000123. The first kappa shape index (κ1) is 35.7. The lowest BCUT2D eigenvalue weighted by molar-refractivity contribution is -0.198. The molecule has 256 valence electrons. The number of fused-ring (bicyclic) bond motifs is 2. The number of amides is 2. The fraction of sp³-hybridized carbons (Fsp3) is 0.667. The van der Waals surface area contributed by atoms with E-state index in [4.69, 9.17) is 33.2 Å². The minimum Gasteiger partial charge on any atom is -0.490 e. The van der Waals surface area contributed by atoms with Gasteiger partial charge in [-0.1, -0.05) is 32.3 Å². The highest BCUT2D eigenvalue weighted by atomic mass is 28.3. The maximum absolute atomic E-state index is 14.3. The standard InChI is InChI=1S/C33H50N2O10Si/c1-6-16-43-33(38)35-26-22-28(41-18-11-13-29(36)39-2)27(44-23-40-19-20-46(3,4)5)21-24(26)31(37)34-15-9-7-12-25(34)32(35)45-30-14-8-10-17-42-30/h6,21-22,25,30,32H,1,7-20,23H2,2-5H3/t25-,30?,32?/m0/s1. The van der Waals surface area contributed by atoms with Crippen molar-refractivity contribution in [2.45, 2.75) is 95.6 Å². The van der Waals surface area contributed by atoms with Crippen LogP contribution in [0.1, 0.15) is 61.7 Å². The normalized spacial score (nSPS) is 21.5. The van der Waals surface area contributed by atoms with Gasteiger partial charge >= 0.3 is 12.1 Å². The molecule has 0 N–H and O–H groups in total. The molecule has 2 unspecified atom stereocenters. The number of methoxy groups -OCH3 is 1. The zero-order valence-corrected chi connectivity index (χ0v) is 28.8. The van der Waals surface area contributed by atoms with Crippen LogP contribution in [0.5, 0.6) is 11.5 Å². The Kier molecular flexibility index (Phi) is 13.3. The van der Waals surface area contributed by atoms with Gasteiger partial charge in [0.1, 0.15) is 6.61 Å². The van der Waals surface area contributed by atoms with E-state index in [1.807, 2.05) is 0 Å². The molecule has 0 aromatic heterocycles. The number of carbonyl (C=O) groups excluding carboxylic acids is 3. The van der Waals surface area contributed by atoms with Gasteiger partial charge < -0.3 is 38.1 Å². The Labute approximate surface area is 273 Å². The van der Waals surface area contributed by atoms with Crippen LogP contribution in [0, 0.1) is 0 Å². The molecular formula is C33H50N2O10Si. The SMILES string of the molecule is C=CCOC(=O)N1c2cc(OCCCC(=O)OC)c(OCOCC[Si](C)(C)C)cc2C(=O)N2CCCC[C@H]2C1OC1CCCCO1. The molecular weight excluding hydrogens is 612 g/mol. The predicted molar refractivity (Wildman–Crippen MR) is 174 cm³/mol. The predicted octanol–water partition coefficient (Wildman–Crippen LogP) is 5.72. The second kappa shape index (κ2) is 17.1. The van der Waals surface area contributed by atoms with E-state index in [9.17, 15) is 14.4 Å². The number of piperidine rings is 1. The Morgan fingerprint density at radius 2 is 1.85 bits per heavy atom. The molecule has 0 aliphatic carbocycles. The maximum atomic E-state index is 14.3. The summed E-state index contributed by atoms with van der Waals surface area (Å²) in [5, 5.41) is 0. The van der Waals surface area contributed by atoms with Crippen molar-refractivity contribution < 1.29 is 47.5 Å². The molecule has 2 saturated heterocycles. The van der Waals surface area contributed by atoms with E-state index in [1.54, 1.807) is 17.0 Å². The van der Waals surface area contributed by atoms with Gasteiger partial charge in [-0.05, 0) is 57.1 Å². The van der Waals surface area contributed by atoms with Gasteiger partial charge in [-0.2, -0.15) is 0 Å². The Bertz CT molecular complexity index is 1200. The Hall–Kier alpha value is -3.13. The lowest BCUT2D eigenvalue weighted by Gasteiger charge is -2.42. The van der Waals surface area contributed by atoms with Crippen molar-refractivity contribution in [3.63, 3.8) is 0 Å². The number of hydrogen-bond acceptors (Lipinski definition) is 10. The second-order valence-corrected chi connectivity index (χ2v) is 18.6. The van der Waals surface area contributed by atoms with Crippen molar-refractivity contribution in [2.24, 2.45) is 0 Å². The van der Waals surface area contributed by atoms with Gasteiger partial charge in [-0.3, -0.25) is 9.59 Å². The third-order valence-corrected chi connectivity index (χ3v) is 9.90. The van der Waals surface area contributed by atoms with Crippen LogP contribution >= 0.6 is 0 Å². The summed E-state index contributed by atoms with van der Waals surface area (Å²) >= 11 is 0. The average Bonchev–Trinajstić information content (AvgIpc) is 3.14. The van der Waals surface area contributed by atoms with E-state index in [0.717, 1.165) is 31.7 Å². The Morgan fingerprint density at radius 3 is 2.57 bits per heavy atom. The minimum absolute atomic E-state index is 0.0213. The van der Waals surface area contributed by atoms with Crippen LogP contribution in [0.4, 0.5) is 10.5 Å². The van der Waals surface area contributed by atoms with E-state index >= 15 is 0 Å². The second-order valence-electron chi connectivity index (χ2n) is 12.9. The highest BCUT2D eigenvalue weighted by Crippen LogP contribution is 2.42. The first-order chi connectivity index (χ1) is 22.1. The van der Waals surface area contributed by atoms with E-state index in [0.29, 0.717) is 50.5 Å². The number of rotatable bonds is 15. The third kappa shape index (κ3) is 9.69. The molecule has 13 heteroatoms. The summed E-state index contributed by atoms with van der Waals surface area (Å²) < 4.78 is 40.8. The quantitative estimate of drug-likeness (QED) is 0.0758. The van der Waals surface area contributed by atoms with E-state index in [2.05, 4.69) is 26.2 Å². The first-order valence-corrected chi connectivity index (χ1v) is 20.1. The molecule has 2 amide bonds. The lowest BCUT2D eigenvalue weighted by atomic mass is 10.00. The first-order valence-electron chi connectivity index (χ1n) is 16.4. The average molecular weight is 663 g/mol. The largest absolute Gasteiger partial charge is 0.490 e. The smallest absolute Gasteiger partial charge is 0.416 e. The fourth-order valence-electron chi connectivity index (χ4n) is 5.69. The summed E-state index contributed by atoms with van der Waals surface area (Å²) in [6, 6.07) is 3.78. The van der Waals surface area contributed by atoms with Crippen molar-refractivity contribution in [3.8, 4) is 11.5 Å². The highest BCUT2D eigenvalue weighted by molar-refractivity contribution is 6.76. The van der Waals surface area contributed by atoms with Crippen molar-refractivity contribution in [1.29, 1.82) is 0 Å². The summed E-state index contributed by atoms with van der Waals surface area (Å²) in [6.07, 6.45) is 4.89. The Balaban J connectivity index is 1.73. The van der Waals surface area contributed by atoms with E-state index in [1.165, 1.54) is 18.1 Å². The fourth-order valence-corrected chi connectivity index (χ4v) is 6.44. The molecule has 0 bridgehead atoms. The molecule has 3 aliphatic rings. The maximum Gasteiger partial charge on any atom is 0.416 e. The van der Waals surface area contributed by atoms with Crippen LogP contribution in [0.15, 0.2) is 24.8 Å². The number of esters is 1. The van der Waals surface area contributed by atoms with Gasteiger partial charge in [-0.25, -0.2) is 9.69 Å². The topological polar surface area (TPSA) is 122 Å². The molecule has 12 nitrogen and oxygen atoms in total. The summed E-state index contributed by atoms with van der Waals surface area (Å²) in [7, 11) is 0.0351. The van der Waals surface area contributed by atoms with Crippen LogP contribution in [0.2, 0.25) is 25.7 Å². The minimum atomic E-state index is -1.30. The summed E-state index contributed by atoms with van der Waals surface area (Å²) in [4.78, 5) is 43.1. The molecule has 0 radical (unpaired) electrons. The monoisotopic (exact) mass is 662 g/mol. The van der Waals surface area contributed by atoms with Gasteiger partial charge in [-0.15, -0.1) is 0 Å². The van der Waals surface area contributed by atoms with Crippen LogP contribution < -0.4 is 14.4 Å². The van der Waals surface area contributed by atoms with E-state index < -0.39 is 32.7 Å². The number of carbonyl (C=O) groups is 3. The molecule has 3 heterocycles. The van der Waals surface area contributed by atoms with Gasteiger partial charge in [0.25, 0.3) is 5.91 Å². The zero-order valence-electron chi connectivity index (χ0n) is 27.8. The molecule has 1 aromatic rings. The molecule has 46 heavy (non-hydrogen) atoms. The molecule has 3 atom stereocenters. The molecule has 2 fully saturated rings. The molecule has 4 rings (SSSR count). The van der Waals surface area contributed by atoms with Crippen molar-refractivity contribution in [2.75, 3.05) is 51.8 Å².